The van der Waals surface area contributed by atoms with Crippen LogP contribution >= 0.6 is 0 Å². The smallest absolute Gasteiger partial charge is 0.273 e. The molecule has 0 aliphatic rings. The van der Waals surface area contributed by atoms with E-state index in [9.17, 15) is 10.1 Å². The van der Waals surface area contributed by atoms with Gasteiger partial charge in [0.1, 0.15) is 11.6 Å². The Morgan fingerprint density at radius 1 is 1.10 bits per heavy atom. The minimum Gasteiger partial charge on any atom is -0.276 e. The Balaban J connectivity index is 2.58. The zero-order chi connectivity index (χ0) is 15.2. The largest absolute Gasteiger partial charge is 0.276 e. The summed E-state index contributed by atoms with van der Waals surface area (Å²) in [5.41, 5.74) is 2.20. The highest BCUT2D eigenvalue weighted by Gasteiger charge is 2.22. The van der Waals surface area contributed by atoms with Crippen molar-refractivity contribution in [3.05, 3.63) is 63.9 Å². The van der Waals surface area contributed by atoms with Crippen molar-refractivity contribution in [3.8, 4) is 6.07 Å². The van der Waals surface area contributed by atoms with E-state index < -0.39 is 0 Å². The number of nitriles is 1. The number of aromatic nitrogens is 1. The lowest BCUT2D eigenvalue weighted by molar-refractivity contribution is 0.587. The van der Waals surface area contributed by atoms with Crippen molar-refractivity contribution < 1.29 is 0 Å². The number of para-hydroxylation sites is 1. The van der Waals surface area contributed by atoms with Crippen LogP contribution in [0.25, 0.3) is 16.4 Å². The Hall–Kier alpha value is -2.60. The SMILES string of the molecule is CC(C)(C)c1cc2ccc3ccccc3n2c(=O)c1C#N. The van der Waals surface area contributed by atoms with Gasteiger partial charge in [0.05, 0.1) is 5.52 Å². The van der Waals surface area contributed by atoms with Gasteiger partial charge in [-0.1, -0.05) is 45.0 Å². The fourth-order valence-electron chi connectivity index (χ4n) is 2.71. The van der Waals surface area contributed by atoms with Gasteiger partial charge in [0, 0.05) is 5.52 Å². The summed E-state index contributed by atoms with van der Waals surface area (Å²) in [4.78, 5) is 12.8. The molecule has 0 saturated heterocycles. The fraction of sp³-hybridized carbons (Fsp3) is 0.222. The molecular weight excluding hydrogens is 260 g/mol. The number of benzene rings is 1. The van der Waals surface area contributed by atoms with Crippen LogP contribution in [-0.4, -0.2) is 4.40 Å². The van der Waals surface area contributed by atoms with Gasteiger partial charge >= 0.3 is 0 Å². The van der Waals surface area contributed by atoms with Crippen LogP contribution in [-0.2, 0) is 5.41 Å². The Morgan fingerprint density at radius 3 is 2.48 bits per heavy atom. The van der Waals surface area contributed by atoms with Crippen LogP contribution in [0.1, 0.15) is 31.9 Å². The van der Waals surface area contributed by atoms with Gasteiger partial charge in [-0.2, -0.15) is 5.26 Å². The molecule has 0 unspecified atom stereocenters. The van der Waals surface area contributed by atoms with Crippen LogP contribution < -0.4 is 5.56 Å². The maximum atomic E-state index is 12.8. The third-order valence-electron chi connectivity index (χ3n) is 3.77. The number of hydrogen-bond acceptors (Lipinski definition) is 2. The van der Waals surface area contributed by atoms with E-state index >= 15 is 0 Å². The van der Waals surface area contributed by atoms with Gasteiger partial charge in [0.15, 0.2) is 0 Å². The van der Waals surface area contributed by atoms with Crippen LogP contribution in [0.2, 0.25) is 0 Å². The van der Waals surface area contributed by atoms with Crippen molar-refractivity contribution in [3.63, 3.8) is 0 Å². The predicted molar refractivity (Wildman–Crippen MR) is 84.6 cm³/mol. The number of pyridine rings is 2. The van der Waals surface area contributed by atoms with E-state index in [2.05, 4.69) is 6.07 Å². The van der Waals surface area contributed by atoms with Gasteiger partial charge in [0.25, 0.3) is 5.56 Å². The molecule has 0 amide bonds. The molecule has 0 fully saturated rings. The first kappa shape index (κ1) is 13.4. The van der Waals surface area contributed by atoms with Crippen LogP contribution in [0.3, 0.4) is 0 Å². The van der Waals surface area contributed by atoms with Crippen LogP contribution in [0.5, 0.6) is 0 Å². The molecular formula is C18H16N2O. The van der Waals surface area contributed by atoms with E-state index in [1.165, 1.54) is 0 Å². The summed E-state index contributed by atoms with van der Waals surface area (Å²) < 4.78 is 1.63. The maximum Gasteiger partial charge on any atom is 0.273 e. The number of fused-ring (bicyclic) bond motifs is 3. The van der Waals surface area contributed by atoms with Gasteiger partial charge in [-0.15, -0.1) is 0 Å². The number of rotatable bonds is 0. The van der Waals surface area contributed by atoms with E-state index in [1.54, 1.807) is 4.40 Å². The number of hydrogen-bond donors (Lipinski definition) is 0. The lowest BCUT2D eigenvalue weighted by Crippen LogP contribution is -2.24. The van der Waals surface area contributed by atoms with Crippen LogP contribution in [0.15, 0.2) is 47.3 Å². The normalized spacial score (nSPS) is 11.7. The van der Waals surface area contributed by atoms with Gasteiger partial charge in [-0.3, -0.25) is 9.20 Å². The molecule has 3 heteroatoms. The van der Waals surface area contributed by atoms with Gasteiger partial charge in [-0.25, -0.2) is 0 Å². The van der Waals surface area contributed by atoms with Crippen molar-refractivity contribution in [2.45, 2.75) is 26.2 Å². The molecule has 2 heterocycles. The van der Waals surface area contributed by atoms with Gasteiger partial charge < -0.3 is 0 Å². The summed E-state index contributed by atoms with van der Waals surface area (Å²) in [7, 11) is 0. The van der Waals surface area contributed by atoms with Crippen molar-refractivity contribution in [2.24, 2.45) is 0 Å². The average molecular weight is 276 g/mol. The van der Waals surface area contributed by atoms with E-state index in [0.717, 1.165) is 22.0 Å². The second-order valence-corrected chi connectivity index (χ2v) is 6.25. The van der Waals surface area contributed by atoms with Crippen molar-refractivity contribution in [2.75, 3.05) is 0 Å². The maximum absolute atomic E-state index is 12.8. The molecule has 21 heavy (non-hydrogen) atoms. The first-order valence-electron chi connectivity index (χ1n) is 6.91. The van der Waals surface area contributed by atoms with Crippen molar-refractivity contribution in [1.82, 2.24) is 4.40 Å². The summed E-state index contributed by atoms with van der Waals surface area (Å²) in [5, 5.41) is 10.4. The minimum atomic E-state index is -0.245. The minimum absolute atomic E-state index is 0.233. The summed E-state index contributed by atoms with van der Waals surface area (Å²) in [6.07, 6.45) is 0. The lowest BCUT2D eigenvalue weighted by atomic mass is 9.84. The monoisotopic (exact) mass is 276 g/mol. The molecule has 0 saturated carbocycles. The predicted octanol–water partition coefficient (Wildman–Crippen LogP) is 3.62. The van der Waals surface area contributed by atoms with Gasteiger partial charge in [0.2, 0.25) is 0 Å². The first-order chi connectivity index (χ1) is 9.93. The van der Waals surface area contributed by atoms with E-state index in [4.69, 9.17) is 0 Å². The first-order valence-corrected chi connectivity index (χ1v) is 6.91. The highest BCUT2D eigenvalue weighted by atomic mass is 16.1. The summed E-state index contributed by atoms with van der Waals surface area (Å²) in [6.45, 7) is 6.04. The highest BCUT2D eigenvalue weighted by molar-refractivity contribution is 5.83. The quantitative estimate of drug-likeness (QED) is 0.589. The Morgan fingerprint density at radius 2 is 1.81 bits per heavy atom. The van der Waals surface area contributed by atoms with Gasteiger partial charge in [-0.05, 0) is 34.6 Å². The summed E-state index contributed by atoms with van der Waals surface area (Å²) in [6, 6.07) is 15.7. The molecule has 104 valence electrons. The molecule has 0 N–H and O–H groups in total. The molecule has 0 bridgehead atoms. The Kier molecular flexibility index (Phi) is 2.84. The third kappa shape index (κ3) is 2.00. The lowest BCUT2D eigenvalue weighted by Gasteiger charge is -2.21. The zero-order valence-corrected chi connectivity index (χ0v) is 12.3. The molecule has 2 aromatic heterocycles. The molecule has 3 aromatic rings. The fourth-order valence-corrected chi connectivity index (χ4v) is 2.71. The van der Waals surface area contributed by atoms with Crippen LogP contribution in [0.4, 0.5) is 0 Å². The molecule has 3 rings (SSSR count). The molecule has 3 nitrogen and oxygen atoms in total. The Bertz CT molecular complexity index is 953. The third-order valence-corrected chi connectivity index (χ3v) is 3.77. The summed E-state index contributed by atoms with van der Waals surface area (Å²) >= 11 is 0. The highest BCUT2D eigenvalue weighted by Crippen LogP contribution is 2.26. The van der Waals surface area contributed by atoms with Crippen LogP contribution in [0, 0.1) is 11.3 Å². The molecule has 0 spiro atoms. The van der Waals surface area contributed by atoms with Crippen molar-refractivity contribution >= 4 is 16.4 Å². The molecule has 0 atom stereocenters. The van der Waals surface area contributed by atoms with E-state index in [0.29, 0.717) is 0 Å². The molecule has 0 aliphatic carbocycles. The topological polar surface area (TPSA) is 45.3 Å². The van der Waals surface area contributed by atoms with Crippen molar-refractivity contribution in [1.29, 1.82) is 5.26 Å². The molecule has 0 radical (unpaired) electrons. The molecule has 1 aromatic carbocycles. The number of nitrogens with zero attached hydrogens (tertiary/aromatic N) is 2. The second kappa shape index (κ2) is 4.46. The van der Waals surface area contributed by atoms with E-state index in [1.807, 2.05) is 63.2 Å². The Labute approximate surface area is 123 Å². The van der Waals surface area contributed by atoms with E-state index in [-0.39, 0.29) is 16.5 Å². The average Bonchev–Trinajstić information content (AvgIpc) is 2.45. The standard InChI is InChI=1S/C18H16N2O/c1-18(2,3)15-10-13-9-8-12-6-4-5-7-16(12)20(13)17(21)14(15)11-19/h4-10H,1-3H3. The molecule has 0 aliphatic heterocycles. The zero-order valence-electron chi connectivity index (χ0n) is 12.3. The second-order valence-electron chi connectivity index (χ2n) is 6.25. The summed E-state index contributed by atoms with van der Waals surface area (Å²) in [5.74, 6) is 0.